The van der Waals surface area contributed by atoms with E-state index < -0.39 is 18.1 Å². The number of methoxy groups -OCH3 is 3. The molecule has 0 aliphatic carbocycles. The summed E-state index contributed by atoms with van der Waals surface area (Å²) in [6.07, 6.45) is -5.47. The van der Waals surface area contributed by atoms with Crippen LogP contribution in [0.2, 0.25) is 0 Å². The van der Waals surface area contributed by atoms with Crippen molar-refractivity contribution in [2.45, 2.75) is 19.1 Å². The number of hydrogen-bond donors (Lipinski definition) is 1. The van der Waals surface area contributed by atoms with E-state index in [1.54, 1.807) is 24.3 Å². The van der Waals surface area contributed by atoms with Gasteiger partial charge in [-0.1, -0.05) is 0 Å². The van der Waals surface area contributed by atoms with E-state index in [1.807, 2.05) is 0 Å². The molecule has 3 rings (SSSR count). The van der Waals surface area contributed by atoms with E-state index in [0.717, 1.165) is 6.07 Å². The number of nitrogens with zero attached hydrogens (tertiary/aromatic N) is 2. The van der Waals surface area contributed by atoms with E-state index in [1.165, 1.54) is 32.3 Å². The van der Waals surface area contributed by atoms with Crippen molar-refractivity contribution in [2.75, 3.05) is 31.5 Å². The van der Waals surface area contributed by atoms with Gasteiger partial charge in [0.1, 0.15) is 11.5 Å². The Morgan fingerprint density at radius 1 is 1.14 bits per heavy atom. The van der Waals surface area contributed by atoms with Gasteiger partial charge >= 0.3 is 6.18 Å². The number of benzene rings is 2. The molecular weight excluding hydrogens is 375 g/mol. The van der Waals surface area contributed by atoms with Gasteiger partial charge in [0, 0.05) is 18.7 Å². The molecule has 6 nitrogen and oxygen atoms in total. The first-order valence-corrected chi connectivity index (χ1v) is 8.24. The van der Waals surface area contributed by atoms with Crippen LogP contribution in [0.4, 0.5) is 24.5 Å². The zero-order chi connectivity index (χ0) is 20.5. The van der Waals surface area contributed by atoms with Gasteiger partial charge in [-0.15, -0.1) is 0 Å². The quantitative estimate of drug-likeness (QED) is 0.830. The van der Waals surface area contributed by atoms with Crippen molar-refractivity contribution in [3.05, 3.63) is 47.0 Å². The number of halogens is 3. The summed E-state index contributed by atoms with van der Waals surface area (Å²) >= 11 is 0. The molecule has 0 spiro atoms. The van der Waals surface area contributed by atoms with Crippen molar-refractivity contribution in [3.63, 3.8) is 0 Å². The van der Waals surface area contributed by atoms with Crippen LogP contribution in [0.25, 0.3) is 0 Å². The van der Waals surface area contributed by atoms with Crippen molar-refractivity contribution in [3.8, 4) is 17.6 Å². The summed E-state index contributed by atoms with van der Waals surface area (Å²) in [7, 11) is 4.38. The van der Waals surface area contributed by atoms with Gasteiger partial charge in [-0.25, -0.2) is 0 Å². The van der Waals surface area contributed by atoms with Crippen LogP contribution < -0.4 is 19.7 Å². The van der Waals surface area contributed by atoms with Crippen LogP contribution in [0.1, 0.15) is 16.7 Å². The second-order valence-corrected chi connectivity index (χ2v) is 6.07. The minimum absolute atomic E-state index is 0.0729. The monoisotopic (exact) mass is 393 g/mol. The summed E-state index contributed by atoms with van der Waals surface area (Å²) in [5.41, 5.74) is -0.224. The molecule has 1 unspecified atom stereocenters. The Labute approximate surface area is 160 Å². The Bertz CT molecular complexity index is 925. The van der Waals surface area contributed by atoms with Crippen molar-refractivity contribution >= 4 is 11.4 Å². The molecule has 0 aromatic heterocycles. The highest BCUT2D eigenvalue weighted by atomic mass is 19.4. The molecule has 1 aliphatic rings. The first-order valence-electron chi connectivity index (χ1n) is 8.24. The van der Waals surface area contributed by atoms with Crippen molar-refractivity contribution < 1.29 is 27.4 Å². The molecule has 28 heavy (non-hydrogen) atoms. The Kier molecular flexibility index (Phi) is 5.25. The Hall–Kier alpha value is -3.12. The topological polar surface area (TPSA) is 66.8 Å². The number of rotatable bonds is 5. The summed E-state index contributed by atoms with van der Waals surface area (Å²) in [5, 5.41) is 12.0. The molecule has 0 saturated carbocycles. The van der Waals surface area contributed by atoms with Crippen LogP contribution in [0, 0.1) is 11.3 Å². The summed E-state index contributed by atoms with van der Waals surface area (Å²) in [6.45, 7) is 0.0840. The van der Waals surface area contributed by atoms with Gasteiger partial charge in [-0.2, -0.15) is 18.4 Å². The van der Waals surface area contributed by atoms with E-state index in [2.05, 4.69) is 5.32 Å². The molecule has 148 valence electrons. The predicted octanol–water partition coefficient (Wildman–Crippen LogP) is 3.96. The summed E-state index contributed by atoms with van der Waals surface area (Å²) < 4.78 is 57.0. The van der Waals surface area contributed by atoms with E-state index in [-0.39, 0.29) is 23.5 Å². The van der Waals surface area contributed by atoms with Crippen LogP contribution in [-0.2, 0) is 17.5 Å². The number of hydrogen-bond acceptors (Lipinski definition) is 6. The van der Waals surface area contributed by atoms with Gasteiger partial charge in [0.05, 0.1) is 49.3 Å². The smallest absolute Gasteiger partial charge is 0.418 e. The molecule has 1 heterocycles. The maximum absolute atomic E-state index is 13.7. The SMILES string of the molecule is COc1ccc(CN2c3c(cc(C#N)cc3C(F)(F)F)NC2OC)c(OC)c1. The largest absolute Gasteiger partial charge is 0.497 e. The molecular formula is C19H18F3N3O3. The van der Waals surface area contributed by atoms with E-state index in [4.69, 9.17) is 19.5 Å². The lowest BCUT2D eigenvalue weighted by molar-refractivity contribution is -0.137. The summed E-state index contributed by atoms with van der Waals surface area (Å²) in [5.74, 6) is 1.04. The van der Waals surface area contributed by atoms with Gasteiger partial charge < -0.3 is 24.4 Å². The van der Waals surface area contributed by atoms with Crippen LogP contribution in [0.5, 0.6) is 11.5 Å². The maximum atomic E-state index is 13.7. The van der Waals surface area contributed by atoms with Gasteiger partial charge in [-0.05, 0) is 24.3 Å². The highest BCUT2D eigenvalue weighted by Crippen LogP contribution is 2.46. The molecule has 0 saturated heterocycles. The lowest BCUT2D eigenvalue weighted by Crippen LogP contribution is -2.37. The summed E-state index contributed by atoms with van der Waals surface area (Å²) in [4.78, 5) is 1.45. The highest BCUT2D eigenvalue weighted by Gasteiger charge is 2.41. The fourth-order valence-corrected chi connectivity index (χ4v) is 3.18. The normalized spacial score (nSPS) is 15.6. The third-order valence-corrected chi connectivity index (χ3v) is 4.45. The molecule has 1 N–H and O–H groups in total. The van der Waals surface area contributed by atoms with Crippen molar-refractivity contribution in [1.82, 2.24) is 0 Å². The van der Waals surface area contributed by atoms with Gasteiger partial charge in [0.2, 0.25) is 6.35 Å². The lowest BCUT2D eigenvalue weighted by atomic mass is 10.1. The number of anilines is 2. The third kappa shape index (κ3) is 3.51. The number of alkyl halides is 3. The maximum Gasteiger partial charge on any atom is 0.418 e. The Morgan fingerprint density at radius 3 is 2.46 bits per heavy atom. The van der Waals surface area contributed by atoms with Crippen LogP contribution in [0.15, 0.2) is 30.3 Å². The number of ether oxygens (including phenoxy) is 3. The average Bonchev–Trinajstić information content (AvgIpc) is 3.03. The summed E-state index contributed by atoms with van der Waals surface area (Å²) in [6, 6.07) is 9.07. The van der Waals surface area contributed by atoms with Gasteiger partial charge in [-0.3, -0.25) is 0 Å². The Balaban J connectivity index is 2.10. The molecule has 0 amide bonds. The van der Waals surface area contributed by atoms with Crippen LogP contribution in [0.3, 0.4) is 0 Å². The number of nitrogens with one attached hydrogen (secondary N) is 1. The molecule has 0 radical (unpaired) electrons. The van der Waals surface area contributed by atoms with E-state index in [0.29, 0.717) is 17.1 Å². The minimum atomic E-state index is -4.64. The van der Waals surface area contributed by atoms with Gasteiger partial charge in [0.15, 0.2) is 0 Å². The van der Waals surface area contributed by atoms with E-state index in [9.17, 15) is 13.2 Å². The zero-order valence-electron chi connectivity index (χ0n) is 15.4. The first-order chi connectivity index (χ1) is 13.3. The standard InChI is InChI=1S/C19H18F3N3O3/c1-26-13-5-4-12(16(8-13)27-2)10-25-17-14(19(20,21)22)6-11(9-23)7-15(17)24-18(25)28-3/h4-8,18,24H,10H2,1-3H3. The highest BCUT2D eigenvalue weighted by molar-refractivity contribution is 5.81. The molecule has 1 atom stereocenters. The number of nitriles is 1. The molecule has 0 bridgehead atoms. The second kappa shape index (κ2) is 7.48. The predicted molar refractivity (Wildman–Crippen MR) is 96.3 cm³/mol. The molecule has 9 heteroatoms. The average molecular weight is 393 g/mol. The zero-order valence-corrected chi connectivity index (χ0v) is 15.4. The lowest BCUT2D eigenvalue weighted by Gasteiger charge is -2.28. The van der Waals surface area contributed by atoms with Crippen LogP contribution in [-0.4, -0.2) is 27.7 Å². The van der Waals surface area contributed by atoms with Crippen molar-refractivity contribution in [2.24, 2.45) is 0 Å². The van der Waals surface area contributed by atoms with Crippen molar-refractivity contribution in [1.29, 1.82) is 5.26 Å². The third-order valence-electron chi connectivity index (χ3n) is 4.45. The minimum Gasteiger partial charge on any atom is -0.497 e. The molecule has 0 fully saturated rings. The van der Waals surface area contributed by atoms with Gasteiger partial charge in [0.25, 0.3) is 0 Å². The fourth-order valence-electron chi connectivity index (χ4n) is 3.18. The molecule has 2 aromatic rings. The Morgan fingerprint density at radius 2 is 1.89 bits per heavy atom. The molecule has 1 aliphatic heterocycles. The number of fused-ring (bicyclic) bond motifs is 1. The first kappa shape index (κ1) is 19.6. The molecule has 2 aromatic carbocycles. The van der Waals surface area contributed by atoms with E-state index >= 15 is 0 Å². The fraction of sp³-hybridized carbons (Fsp3) is 0.316. The van der Waals surface area contributed by atoms with Crippen LogP contribution >= 0.6 is 0 Å². The second-order valence-electron chi connectivity index (χ2n) is 6.07.